The first kappa shape index (κ1) is 38.5. The molecule has 1 aliphatic carbocycles. The minimum Gasteiger partial charge on any atom is -0.471 e. The Labute approximate surface area is 336 Å². The van der Waals surface area contributed by atoms with E-state index in [1.165, 1.54) is 7.05 Å². The van der Waals surface area contributed by atoms with Crippen molar-refractivity contribution in [2.45, 2.75) is 51.2 Å². The summed E-state index contributed by atoms with van der Waals surface area (Å²) in [6.07, 6.45) is 0.845. The number of Topliss-reactive ketones (excluding diaryl/α,β-unsaturated/α-hetero) is 1. The first-order valence-corrected chi connectivity index (χ1v) is 19.2. The third-order valence-electron chi connectivity index (χ3n) is 10.2. The Bertz CT molecular complexity index is 2250. The zero-order valence-electron chi connectivity index (χ0n) is 31.4. The monoisotopic (exact) mass is 784 g/mol. The fraction of sp³-hybridized carbons (Fsp3) is 0.222. The molecule has 1 unspecified atom stereocenters. The lowest BCUT2D eigenvalue weighted by Crippen LogP contribution is -2.40. The molecule has 1 amide bonds. The molecule has 5 aromatic carbocycles. The van der Waals surface area contributed by atoms with E-state index < -0.39 is 11.6 Å². The molecule has 0 fully saturated rings. The predicted molar refractivity (Wildman–Crippen MR) is 223 cm³/mol. The summed E-state index contributed by atoms with van der Waals surface area (Å²) in [5, 5.41) is 15.6. The van der Waals surface area contributed by atoms with Gasteiger partial charge in [-0.3, -0.25) is 14.5 Å². The molecule has 9 nitrogen and oxygen atoms in total. The van der Waals surface area contributed by atoms with Crippen LogP contribution < -0.4 is 20.7 Å². The minimum absolute atomic E-state index is 0.0505. The molecule has 11 heteroatoms. The highest BCUT2D eigenvalue weighted by atomic mass is 35.5. The Morgan fingerprint density at radius 1 is 0.857 bits per heavy atom. The van der Waals surface area contributed by atoms with Gasteiger partial charge in [-0.1, -0.05) is 140 Å². The van der Waals surface area contributed by atoms with Crippen LogP contribution in [0.4, 0.5) is 11.4 Å². The summed E-state index contributed by atoms with van der Waals surface area (Å²) >= 11 is 13.4. The second-order valence-corrected chi connectivity index (χ2v) is 15.5. The molecule has 1 heterocycles. The average molecular weight is 786 g/mol. The van der Waals surface area contributed by atoms with Crippen molar-refractivity contribution < 1.29 is 14.3 Å². The van der Waals surface area contributed by atoms with Crippen molar-refractivity contribution in [1.82, 2.24) is 0 Å². The van der Waals surface area contributed by atoms with Gasteiger partial charge in [0.25, 0.3) is 0 Å². The van der Waals surface area contributed by atoms with Gasteiger partial charge in [0.2, 0.25) is 5.91 Å². The van der Waals surface area contributed by atoms with E-state index >= 15 is 0 Å². The topological polar surface area (TPSA) is 122 Å². The molecule has 0 bridgehead atoms. The summed E-state index contributed by atoms with van der Waals surface area (Å²) < 4.78 is 7.51. The molecule has 1 aliphatic heterocycles. The van der Waals surface area contributed by atoms with Crippen molar-refractivity contribution in [3.63, 3.8) is 0 Å². The van der Waals surface area contributed by atoms with Gasteiger partial charge in [-0.25, -0.2) is 0 Å². The number of halogens is 2. The Hall–Kier alpha value is -5.77. The van der Waals surface area contributed by atoms with Crippen LogP contribution in [0, 0.1) is 5.41 Å². The Morgan fingerprint density at radius 3 is 2.04 bits per heavy atom. The number of hydrogen-bond donors (Lipinski definition) is 2. The van der Waals surface area contributed by atoms with Gasteiger partial charge in [0.05, 0.1) is 18.8 Å². The smallest absolute Gasteiger partial charge is 0.228 e. The van der Waals surface area contributed by atoms with Gasteiger partial charge < -0.3 is 15.8 Å². The number of para-hydroxylation sites is 1. The van der Waals surface area contributed by atoms with Crippen LogP contribution in [0.2, 0.25) is 10.0 Å². The van der Waals surface area contributed by atoms with Gasteiger partial charge in [-0.15, -0.1) is 5.10 Å². The van der Waals surface area contributed by atoms with Crippen molar-refractivity contribution >= 4 is 52.1 Å². The number of carbonyl (C=O) groups excluding carboxylic acids is 2. The molecular weight excluding hydrogens is 743 g/mol. The Balaban J connectivity index is 1.50. The highest BCUT2D eigenvalue weighted by Gasteiger charge is 2.46. The Morgan fingerprint density at radius 2 is 1.46 bits per heavy atom. The van der Waals surface area contributed by atoms with Crippen LogP contribution in [0.1, 0.15) is 67.8 Å². The molecular formula is C45H42Cl2N6O3. The first-order valence-electron chi connectivity index (χ1n) is 18.4. The van der Waals surface area contributed by atoms with E-state index in [1.807, 2.05) is 72.8 Å². The number of nitrogens with one attached hydrogen (secondary N) is 1. The third kappa shape index (κ3) is 7.57. The lowest BCUT2D eigenvalue weighted by atomic mass is 9.73. The second-order valence-electron chi connectivity index (χ2n) is 14.7. The molecule has 0 aromatic heterocycles. The number of anilines is 2. The van der Waals surface area contributed by atoms with Crippen molar-refractivity contribution in [2.24, 2.45) is 26.6 Å². The largest absolute Gasteiger partial charge is 0.471 e. The molecule has 0 saturated carbocycles. The summed E-state index contributed by atoms with van der Waals surface area (Å²) in [5.41, 5.74) is 10.0. The molecule has 0 spiro atoms. The van der Waals surface area contributed by atoms with Crippen LogP contribution in [0.25, 0.3) is 0 Å². The number of nitrogens with two attached hydrogens (primary N) is 1. The zero-order valence-corrected chi connectivity index (χ0v) is 32.9. The van der Waals surface area contributed by atoms with Crippen LogP contribution in [-0.2, 0) is 15.2 Å². The molecule has 0 saturated heterocycles. The van der Waals surface area contributed by atoms with Gasteiger partial charge in [0.15, 0.2) is 11.4 Å². The fourth-order valence-corrected chi connectivity index (χ4v) is 8.29. The summed E-state index contributed by atoms with van der Waals surface area (Å²) in [7, 11) is 1.49. The maximum absolute atomic E-state index is 14.9. The van der Waals surface area contributed by atoms with E-state index in [9.17, 15) is 9.59 Å². The van der Waals surface area contributed by atoms with Crippen LogP contribution in [0.3, 0.4) is 0 Å². The predicted octanol–water partition coefficient (Wildman–Crippen LogP) is 10.6. The van der Waals surface area contributed by atoms with Crippen LogP contribution in [0.5, 0.6) is 5.75 Å². The molecule has 7 rings (SSSR count). The molecule has 0 radical (unpaired) electrons. The SMILES string of the molecule is CN=N/N=C(\N)CCC(=O)N1c2cccc(OC(c3ccccc3)(c3ccccc3)c3ccccc3)c2NC2=C(C(=O)CC(C)(C)C2)C1c1ccc(Cl)cc1Cl. The molecule has 284 valence electrons. The number of carbonyl (C=O) groups is 2. The number of rotatable bonds is 10. The number of allylic oxidation sites excluding steroid dienone is 1. The summed E-state index contributed by atoms with van der Waals surface area (Å²) in [4.78, 5) is 31.1. The number of ketones is 1. The highest BCUT2D eigenvalue weighted by molar-refractivity contribution is 6.35. The highest BCUT2D eigenvalue weighted by Crippen LogP contribution is 2.53. The summed E-state index contributed by atoms with van der Waals surface area (Å²) in [5.74, 6) is 0.194. The van der Waals surface area contributed by atoms with E-state index in [0.717, 1.165) is 16.7 Å². The summed E-state index contributed by atoms with van der Waals surface area (Å²) in [6.45, 7) is 4.14. The molecule has 1 atom stereocenters. The maximum atomic E-state index is 14.9. The van der Waals surface area contributed by atoms with Crippen molar-refractivity contribution in [2.75, 3.05) is 17.3 Å². The third-order valence-corrected chi connectivity index (χ3v) is 10.7. The average Bonchev–Trinajstić information content (AvgIpc) is 3.33. The van der Waals surface area contributed by atoms with E-state index in [2.05, 4.69) is 71.0 Å². The Kier molecular flexibility index (Phi) is 11.1. The number of fused-ring (bicyclic) bond motifs is 1. The quantitative estimate of drug-likeness (QED) is 0.0480. The first-order chi connectivity index (χ1) is 27.0. The second kappa shape index (κ2) is 16.1. The minimum atomic E-state index is -1.14. The zero-order chi connectivity index (χ0) is 39.5. The fourth-order valence-electron chi connectivity index (χ4n) is 7.78. The normalized spacial score (nSPS) is 16.9. The lowest BCUT2D eigenvalue weighted by molar-refractivity contribution is -0.119. The van der Waals surface area contributed by atoms with Gasteiger partial charge >= 0.3 is 0 Å². The number of amidine groups is 1. The number of amides is 1. The van der Waals surface area contributed by atoms with Crippen molar-refractivity contribution in [3.8, 4) is 5.75 Å². The van der Waals surface area contributed by atoms with Crippen LogP contribution >= 0.6 is 23.2 Å². The van der Waals surface area contributed by atoms with E-state index in [0.29, 0.717) is 50.4 Å². The van der Waals surface area contributed by atoms with Gasteiger partial charge in [0, 0.05) is 57.3 Å². The van der Waals surface area contributed by atoms with Gasteiger partial charge in [-0.05, 0) is 46.9 Å². The lowest BCUT2D eigenvalue weighted by Gasteiger charge is -2.38. The summed E-state index contributed by atoms with van der Waals surface area (Å²) in [6, 6.07) is 40.0. The standard InChI is InChI=1S/C45H42Cl2N6O3/c1-44(2)27-35-41(37(54)28-44)43(33-23-22-32(46)26-34(33)47)53(40(55)25-24-39(48)51-52-49-3)36-20-13-21-38(42(36)50-35)56-45(29-14-7-4-8-15-29,30-16-9-5-10-17-30)31-18-11-6-12-19-31/h4-23,26,43,50H,24-25,27-28H2,1-3H3,(H2,48,49,51). The molecule has 56 heavy (non-hydrogen) atoms. The molecule has 5 aromatic rings. The van der Waals surface area contributed by atoms with Gasteiger partial charge in [-0.2, -0.15) is 5.11 Å². The number of ether oxygens (including phenoxy) is 1. The van der Waals surface area contributed by atoms with Gasteiger partial charge in [0.1, 0.15) is 17.3 Å². The number of benzene rings is 5. The molecule has 2 aliphatic rings. The van der Waals surface area contributed by atoms with E-state index in [-0.39, 0.29) is 42.2 Å². The maximum Gasteiger partial charge on any atom is 0.228 e. The van der Waals surface area contributed by atoms with Crippen molar-refractivity contribution in [3.05, 3.63) is 171 Å². The van der Waals surface area contributed by atoms with E-state index in [4.69, 9.17) is 33.7 Å². The number of hydrogen-bond acceptors (Lipinski definition) is 6. The van der Waals surface area contributed by atoms with Crippen LogP contribution in [-0.4, -0.2) is 24.6 Å². The molecule has 3 N–H and O–H groups in total. The van der Waals surface area contributed by atoms with Crippen LogP contribution in [0.15, 0.2) is 154 Å². The number of nitrogens with zero attached hydrogens (tertiary/aromatic N) is 4. The van der Waals surface area contributed by atoms with E-state index in [1.54, 1.807) is 23.1 Å². The van der Waals surface area contributed by atoms with Crippen molar-refractivity contribution in [1.29, 1.82) is 0 Å².